The molecule has 1 aliphatic rings. The Morgan fingerprint density at radius 1 is 1.35 bits per heavy atom. The second kappa shape index (κ2) is 5.82. The van der Waals surface area contributed by atoms with Gasteiger partial charge in [0.25, 0.3) is 0 Å². The molecule has 0 amide bonds. The third kappa shape index (κ3) is 3.38. The molecule has 0 aliphatic carbocycles. The maximum absolute atomic E-state index is 5.86. The Labute approximate surface area is 121 Å². The molecule has 0 spiro atoms. The molecule has 1 saturated heterocycles. The van der Waals surface area contributed by atoms with Gasteiger partial charge in [-0.05, 0) is 38.6 Å². The molecular weight excluding hydrogens is 254 g/mol. The first-order valence-electron chi connectivity index (χ1n) is 7.49. The number of ether oxygens (including phenoxy) is 1. The molecule has 2 rings (SSSR count). The first-order valence-corrected chi connectivity index (χ1v) is 7.49. The second-order valence-corrected chi connectivity index (χ2v) is 6.96. The highest BCUT2D eigenvalue weighted by atomic mass is 16.5. The van der Waals surface area contributed by atoms with E-state index in [1.165, 1.54) is 0 Å². The van der Waals surface area contributed by atoms with Crippen LogP contribution in [0.3, 0.4) is 0 Å². The molecular formula is C15H27N3O2. The van der Waals surface area contributed by atoms with E-state index in [2.05, 4.69) is 43.2 Å². The maximum Gasteiger partial charge on any atom is 0.228 e. The number of nitrogens with zero attached hydrogens (tertiary/aromatic N) is 2. The van der Waals surface area contributed by atoms with Crippen molar-refractivity contribution in [1.82, 2.24) is 15.5 Å². The maximum atomic E-state index is 5.86. The van der Waals surface area contributed by atoms with Gasteiger partial charge in [-0.2, -0.15) is 4.98 Å². The summed E-state index contributed by atoms with van der Waals surface area (Å²) in [4.78, 5) is 4.56. The topological polar surface area (TPSA) is 60.2 Å². The van der Waals surface area contributed by atoms with E-state index < -0.39 is 0 Å². The number of rotatable bonds is 4. The van der Waals surface area contributed by atoms with Crippen molar-refractivity contribution in [2.24, 2.45) is 5.41 Å². The highest BCUT2D eigenvalue weighted by Crippen LogP contribution is 2.33. The predicted octanol–water partition coefficient (Wildman–Crippen LogP) is 2.66. The summed E-state index contributed by atoms with van der Waals surface area (Å²) < 4.78 is 11.3. The Bertz CT molecular complexity index is 431. The number of hydrogen-bond donors (Lipinski definition) is 1. The molecule has 1 aromatic rings. The van der Waals surface area contributed by atoms with Crippen LogP contribution in [0.5, 0.6) is 0 Å². The van der Waals surface area contributed by atoms with E-state index in [1.54, 1.807) is 0 Å². The molecule has 0 aromatic carbocycles. The summed E-state index contributed by atoms with van der Waals surface area (Å²) in [5.74, 6) is 1.38. The fraction of sp³-hybridized carbons (Fsp3) is 0.867. The van der Waals surface area contributed by atoms with Crippen molar-refractivity contribution < 1.29 is 9.26 Å². The molecule has 114 valence electrons. The van der Waals surface area contributed by atoms with E-state index in [0.717, 1.165) is 32.3 Å². The Morgan fingerprint density at radius 2 is 2.10 bits per heavy atom. The average Bonchev–Trinajstić information content (AvgIpc) is 2.85. The molecule has 1 aromatic heterocycles. The van der Waals surface area contributed by atoms with Gasteiger partial charge in [0, 0.05) is 19.1 Å². The van der Waals surface area contributed by atoms with Gasteiger partial charge < -0.3 is 14.6 Å². The van der Waals surface area contributed by atoms with Gasteiger partial charge in [-0.3, -0.25) is 0 Å². The minimum absolute atomic E-state index is 0.147. The van der Waals surface area contributed by atoms with Gasteiger partial charge in [-0.1, -0.05) is 25.9 Å². The normalized spacial score (nSPS) is 25.6. The van der Waals surface area contributed by atoms with Crippen molar-refractivity contribution in [3.05, 3.63) is 11.7 Å². The van der Waals surface area contributed by atoms with Crippen molar-refractivity contribution in [3.8, 4) is 0 Å². The van der Waals surface area contributed by atoms with Gasteiger partial charge >= 0.3 is 0 Å². The minimum atomic E-state index is -0.378. The largest absolute Gasteiger partial charge is 0.367 e. The quantitative estimate of drug-likeness (QED) is 0.919. The van der Waals surface area contributed by atoms with E-state index in [9.17, 15) is 0 Å². The highest BCUT2D eigenvalue weighted by molar-refractivity contribution is 5.02. The SMILES string of the molecule is CNC(Cc1nc(C2(C)CCCCO2)no1)C(C)(C)C. The third-order valence-corrected chi connectivity index (χ3v) is 4.18. The van der Waals surface area contributed by atoms with Crippen molar-refractivity contribution in [2.75, 3.05) is 13.7 Å². The Hall–Kier alpha value is -0.940. The zero-order valence-electron chi connectivity index (χ0n) is 13.3. The zero-order valence-corrected chi connectivity index (χ0v) is 13.3. The van der Waals surface area contributed by atoms with Gasteiger partial charge in [0.15, 0.2) is 0 Å². The lowest BCUT2D eigenvalue weighted by molar-refractivity contribution is -0.0770. The van der Waals surface area contributed by atoms with Crippen molar-refractivity contribution in [2.45, 2.75) is 65.0 Å². The molecule has 5 nitrogen and oxygen atoms in total. The predicted molar refractivity (Wildman–Crippen MR) is 77.5 cm³/mol. The summed E-state index contributed by atoms with van der Waals surface area (Å²) in [6, 6.07) is 0.302. The third-order valence-electron chi connectivity index (χ3n) is 4.18. The molecule has 5 heteroatoms. The first-order chi connectivity index (χ1) is 9.35. The average molecular weight is 281 g/mol. The van der Waals surface area contributed by atoms with Crippen LogP contribution >= 0.6 is 0 Å². The number of hydrogen-bond acceptors (Lipinski definition) is 5. The van der Waals surface area contributed by atoms with Crippen LogP contribution in [0.4, 0.5) is 0 Å². The van der Waals surface area contributed by atoms with Crippen LogP contribution in [0.2, 0.25) is 0 Å². The molecule has 2 unspecified atom stereocenters. The van der Waals surface area contributed by atoms with E-state index in [0.29, 0.717) is 17.8 Å². The van der Waals surface area contributed by atoms with Crippen LogP contribution < -0.4 is 5.32 Å². The van der Waals surface area contributed by atoms with Gasteiger partial charge in [0.05, 0.1) is 0 Å². The van der Waals surface area contributed by atoms with E-state index in [-0.39, 0.29) is 11.0 Å². The molecule has 1 N–H and O–H groups in total. The standard InChI is InChI=1S/C15H27N3O2/c1-14(2,3)11(16-5)10-12-17-13(18-20-12)15(4)8-6-7-9-19-15/h11,16H,6-10H2,1-5H3. The van der Waals surface area contributed by atoms with Crippen LogP contribution in [-0.2, 0) is 16.8 Å². The molecule has 1 aliphatic heterocycles. The van der Waals surface area contributed by atoms with E-state index in [1.807, 2.05) is 7.05 Å². The Kier molecular flexibility index (Phi) is 4.49. The number of nitrogens with one attached hydrogen (secondary N) is 1. The van der Waals surface area contributed by atoms with Crippen LogP contribution in [0.15, 0.2) is 4.52 Å². The first kappa shape index (κ1) is 15.4. The van der Waals surface area contributed by atoms with Gasteiger partial charge in [0.2, 0.25) is 11.7 Å². The van der Waals surface area contributed by atoms with Gasteiger partial charge in [-0.25, -0.2) is 0 Å². The molecule has 0 radical (unpaired) electrons. The van der Waals surface area contributed by atoms with Gasteiger partial charge in [0.1, 0.15) is 5.60 Å². The van der Waals surface area contributed by atoms with Crippen molar-refractivity contribution >= 4 is 0 Å². The minimum Gasteiger partial charge on any atom is -0.367 e. The smallest absolute Gasteiger partial charge is 0.228 e. The fourth-order valence-electron chi connectivity index (χ4n) is 2.68. The monoisotopic (exact) mass is 281 g/mol. The van der Waals surface area contributed by atoms with Crippen LogP contribution in [0.25, 0.3) is 0 Å². The lowest BCUT2D eigenvalue weighted by Crippen LogP contribution is -2.39. The summed E-state index contributed by atoms with van der Waals surface area (Å²) in [6.07, 6.45) is 3.97. The van der Waals surface area contributed by atoms with Crippen molar-refractivity contribution in [3.63, 3.8) is 0 Å². The molecule has 0 bridgehead atoms. The van der Waals surface area contributed by atoms with Crippen LogP contribution in [0, 0.1) is 5.41 Å². The van der Waals surface area contributed by atoms with E-state index >= 15 is 0 Å². The summed E-state index contributed by atoms with van der Waals surface area (Å²) in [6.45, 7) is 9.45. The molecule has 2 atom stereocenters. The number of aromatic nitrogens is 2. The summed E-state index contributed by atoms with van der Waals surface area (Å²) in [7, 11) is 1.97. The van der Waals surface area contributed by atoms with Crippen LogP contribution in [-0.4, -0.2) is 29.8 Å². The van der Waals surface area contributed by atoms with Crippen LogP contribution in [0.1, 0.15) is 58.7 Å². The highest BCUT2D eigenvalue weighted by Gasteiger charge is 2.35. The second-order valence-electron chi connectivity index (χ2n) is 6.96. The molecule has 1 fully saturated rings. The van der Waals surface area contributed by atoms with Crippen molar-refractivity contribution in [1.29, 1.82) is 0 Å². The number of likely N-dealkylation sites (N-methyl/N-ethyl adjacent to an activating group) is 1. The molecule has 2 heterocycles. The lowest BCUT2D eigenvalue weighted by atomic mass is 9.85. The zero-order chi connectivity index (χ0) is 14.8. The fourth-order valence-corrected chi connectivity index (χ4v) is 2.68. The lowest BCUT2D eigenvalue weighted by Gasteiger charge is -2.30. The summed E-state index contributed by atoms with van der Waals surface area (Å²) in [5.41, 5.74) is -0.231. The molecule has 20 heavy (non-hydrogen) atoms. The Balaban J connectivity index is 2.09. The Morgan fingerprint density at radius 3 is 2.65 bits per heavy atom. The summed E-state index contributed by atoms with van der Waals surface area (Å²) in [5, 5.41) is 7.47. The van der Waals surface area contributed by atoms with E-state index in [4.69, 9.17) is 9.26 Å². The summed E-state index contributed by atoms with van der Waals surface area (Å²) >= 11 is 0. The molecule has 0 saturated carbocycles. The van der Waals surface area contributed by atoms with Gasteiger partial charge in [-0.15, -0.1) is 0 Å².